The molecule has 1 saturated heterocycles. The van der Waals surface area contributed by atoms with E-state index in [-0.39, 0.29) is 18.1 Å². The Morgan fingerprint density at radius 3 is 2.27 bits per heavy atom. The maximum Gasteiger partial charge on any atom is 0.0810 e. The molecule has 0 aliphatic carbocycles. The molecule has 2 heteroatoms. The maximum absolute atomic E-state index is 8.82. The second-order valence-electron chi connectivity index (χ2n) is 4.37. The van der Waals surface area contributed by atoms with Crippen LogP contribution >= 0.6 is 0 Å². The fourth-order valence-electron chi connectivity index (χ4n) is 1.48. The first-order valence-corrected chi connectivity index (χ1v) is 4.30. The van der Waals surface area contributed by atoms with Crippen LogP contribution in [-0.4, -0.2) is 23.9 Å². The maximum atomic E-state index is 8.82. The number of aliphatic hydroxyl groups is 1. The summed E-state index contributed by atoms with van der Waals surface area (Å²) in [5, 5.41) is 8.82. The van der Waals surface area contributed by atoms with Crippen LogP contribution < -0.4 is 0 Å². The van der Waals surface area contributed by atoms with E-state index in [1.54, 1.807) is 0 Å². The van der Waals surface area contributed by atoms with Gasteiger partial charge in [-0.2, -0.15) is 0 Å². The highest BCUT2D eigenvalue weighted by Gasteiger charge is 2.33. The van der Waals surface area contributed by atoms with Gasteiger partial charge in [0, 0.05) is 0 Å². The second kappa shape index (κ2) is 3.11. The summed E-state index contributed by atoms with van der Waals surface area (Å²) >= 11 is 0. The molecular weight excluding hydrogens is 140 g/mol. The summed E-state index contributed by atoms with van der Waals surface area (Å²) < 4.78 is 5.62. The predicted molar refractivity (Wildman–Crippen MR) is 44.4 cm³/mol. The van der Waals surface area contributed by atoms with Gasteiger partial charge in [0.05, 0.1) is 18.8 Å². The number of rotatable bonds is 1. The molecule has 1 aliphatic heterocycles. The molecule has 1 rings (SSSR count). The SMILES string of the molecule is CC(C)(C)[C@@H]1CC[C@H](CO)O1. The molecule has 0 aromatic rings. The Morgan fingerprint density at radius 1 is 1.36 bits per heavy atom. The Balaban J connectivity index is 2.42. The molecule has 0 unspecified atom stereocenters. The average Bonchev–Trinajstić information content (AvgIpc) is 2.32. The molecule has 2 nitrogen and oxygen atoms in total. The van der Waals surface area contributed by atoms with Crippen molar-refractivity contribution in [2.24, 2.45) is 5.41 Å². The highest BCUT2D eigenvalue weighted by Crippen LogP contribution is 2.32. The highest BCUT2D eigenvalue weighted by molar-refractivity contribution is 4.82. The Morgan fingerprint density at radius 2 is 2.00 bits per heavy atom. The first-order chi connectivity index (χ1) is 5.04. The Labute approximate surface area is 68.6 Å². The van der Waals surface area contributed by atoms with Gasteiger partial charge in [-0.25, -0.2) is 0 Å². The van der Waals surface area contributed by atoms with E-state index in [1.165, 1.54) is 0 Å². The van der Waals surface area contributed by atoms with Crippen molar-refractivity contribution >= 4 is 0 Å². The zero-order valence-corrected chi connectivity index (χ0v) is 7.63. The zero-order valence-electron chi connectivity index (χ0n) is 7.63. The van der Waals surface area contributed by atoms with Gasteiger partial charge in [-0.15, -0.1) is 0 Å². The minimum atomic E-state index is 0.0965. The number of hydrogen-bond donors (Lipinski definition) is 1. The summed E-state index contributed by atoms with van der Waals surface area (Å²) in [6, 6.07) is 0. The zero-order chi connectivity index (χ0) is 8.48. The summed E-state index contributed by atoms with van der Waals surface area (Å²) in [6.45, 7) is 6.71. The van der Waals surface area contributed by atoms with Crippen LogP contribution in [-0.2, 0) is 4.74 Å². The van der Waals surface area contributed by atoms with Crippen LogP contribution in [0.3, 0.4) is 0 Å². The highest BCUT2D eigenvalue weighted by atomic mass is 16.5. The van der Waals surface area contributed by atoms with Crippen LogP contribution in [0.15, 0.2) is 0 Å². The van der Waals surface area contributed by atoms with Crippen LogP contribution in [0.25, 0.3) is 0 Å². The van der Waals surface area contributed by atoms with E-state index in [4.69, 9.17) is 9.84 Å². The van der Waals surface area contributed by atoms with Crippen LogP contribution in [0.4, 0.5) is 0 Å². The molecule has 2 atom stereocenters. The largest absolute Gasteiger partial charge is 0.394 e. The van der Waals surface area contributed by atoms with E-state index < -0.39 is 0 Å². The lowest BCUT2D eigenvalue weighted by atomic mass is 9.87. The molecule has 0 amide bonds. The molecule has 0 bridgehead atoms. The monoisotopic (exact) mass is 158 g/mol. The summed E-state index contributed by atoms with van der Waals surface area (Å²) in [5.41, 5.74) is 0.226. The number of ether oxygens (including phenoxy) is 1. The third-order valence-electron chi connectivity index (χ3n) is 2.28. The molecule has 0 radical (unpaired) electrons. The van der Waals surface area contributed by atoms with Gasteiger partial charge in [0.2, 0.25) is 0 Å². The van der Waals surface area contributed by atoms with E-state index >= 15 is 0 Å². The van der Waals surface area contributed by atoms with Gasteiger partial charge in [0.15, 0.2) is 0 Å². The number of hydrogen-bond acceptors (Lipinski definition) is 2. The van der Waals surface area contributed by atoms with Gasteiger partial charge in [0.1, 0.15) is 0 Å². The predicted octanol–water partition coefficient (Wildman–Crippen LogP) is 1.57. The lowest BCUT2D eigenvalue weighted by Gasteiger charge is -2.26. The Kier molecular flexibility index (Phi) is 2.55. The Bertz CT molecular complexity index is 126. The van der Waals surface area contributed by atoms with Crippen LogP contribution in [0.5, 0.6) is 0 Å². The fourth-order valence-corrected chi connectivity index (χ4v) is 1.48. The smallest absolute Gasteiger partial charge is 0.0810 e. The van der Waals surface area contributed by atoms with Gasteiger partial charge in [0.25, 0.3) is 0 Å². The number of aliphatic hydroxyl groups excluding tert-OH is 1. The normalized spacial score (nSPS) is 32.7. The first kappa shape index (κ1) is 9.01. The molecule has 0 spiro atoms. The van der Waals surface area contributed by atoms with Crippen molar-refractivity contribution in [3.05, 3.63) is 0 Å². The Hall–Kier alpha value is -0.0800. The van der Waals surface area contributed by atoms with E-state index in [9.17, 15) is 0 Å². The van der Waals surface area contributed by atoms with Crippen LogP contribution in [0, 0.1) is 5.41 Å². The van der Waals surface area contributed by atoms with Gasteiger partial charge in [-0.05, 0) is 18.3 Å². The molecule has 66 valence electrons. The molecule has 0 saturated carbocycles. The molecule has 11 heavy (non-hydrogen) atoms. The van der Waals surface area contributed by atoms with Gasteiger partial charge in [-0.1, -0.05) is 20.8 Å². The molecule has 1 fully saturated rings. The van der Waals surface area contributed by atoms with E-state index in [1.807, 2.05) is 0 Å². The van der Waals surface area contributed by atoms with Crippen molar-refractivity contribution in [2.75, 3.05) is 6.61 Å². The van der Waals surface area contributed by atoms with Crippen molar-refractivity contribution in [2.45, 2.75) is 45.8 Å². The average molecular weight is 158 g/mol. The lowest BCUT2D eigenvalue weighted by Crippen LogP contribution is -2.27. The summed E-state index contributed by atoms with van der Waals surface area (Å²) in [6.07, 6.45) is 2.53. The fraction of sp³-hybridized carbons (Fsp3) is 1.00. The van der Waals surface area contributed by atoms with E-state index in [2.05, 4.69) is 20.8 Å². The van der Waals surface area contributed by atoms with Crippen molar-refractivity contribution in [3.8, 4) is 0 Å². The van der Waals surface area contributed by atoms with Gasteiger partial charge in [-0.3, -0.25) is 0 Å². The van der Waals surface area contributed by atoms with Crippen LogP contribution in [0.2, 0.25) is 0 Å². The van der Waals surface area contributed by atoms with Crippen molar-refractivity contribution in [1.29, 1.82) is 0 Å². The minimum absolute atomic E-state index is 0.0965. The quantitative estimate of drug-likeness (QED) is 0.627. The molecule has 1 heterocycles. The molecule has 1 N–H and O–H groups in total. The first-order valence-electron chi connectivity index (χ1n) is 4.30. The summed E-state index contributed by atoms with van der Waals surface area (Å²) in [5.74, 6) is 0. The van der Waals surface area contributed by atoms with Crippen molar-refractivity contribution in [3.63, 3.8) is 0 Å². The topological polar surface area (TPSA) is 29.5 Å². The third-order valence-corrected chi connectivity index (χ3v) is 2.28. The van der Waals surface area contributed by atoms with Crippen molar-refractivity contribution < 1.29 is 9.84 Å². The molecule has 0 aromatic carbocycles. The second-order valence-corrected chi connectivity index (χ2v) is 4.37. The van der Waals surface area contributed by atoms with Crippen LogP contribution in [0.1, 0.15) is 33.6 Å². The third kappa shape index (κ3) is 2.17. The van der Waals surface area contributed by atoms with Crippen molar-refractivity contribution in [1.82, 2.24) is 0 Å². The minimum Gasteiger partial charge on any atom is -0.394 e. The van der Waals surface area contributed by atoms with Gasteiger partial charge < -0.3 is 9.84 Å². The van der Waals surface area contributed by atoms with E-state index in [0.29, 0.717) is 6.10 Å². The molecular formula is C9H18O2. The van der Waals surface area contributed by atoms with E-state index in [0.717, 1.165) is 12.8 Å². The molecule has 0 aromatic heterocycles. The summed E-state index contributed by atoms with van der Waals surface area (Å²) in [7, 11) is 0. The summed E-state index contributed by atoms with van der Waals surface area (Å²) in [4.78, 5) is 0. The van der Waals surface area contributed by atoms with Gasteiger partial charge >= 0.3 is 0 Å². The standard InChI is InChI=1S/C9H18O2/c1-9(2,3)8-5-4-7(6-10)11-8/h7-8,10H,4-6H2,1-3H3/t7-,8+/m1/s1. The lowest BCUT2D eigenvalue weighted by molar-refractivity contribution is -0.0352. The molecule has 1 aliphatic rings.